The van der Waals surface area contributed by atoms with Crippen molar-refractivity contribution in [3.05, 3.63) is 52.9 Å². The standard InChI is InChI=1S/C19H20N2O3/c22-18(16-11-17(24-20-16)13-5-6-13)21-9-7-19(8-10-21)15-4-2-1-3-14(15)12-23-19/h1-4,11,13H,5-10,12H2. The summed E-state index contributed by atoms with van der Waals surface area (Å²) in [5.41, 5.74) is 2.81. The van der Waals surface area contributed by atoms with Crippen molar-refractivity contribution in [1.82, 2.24) is 10.1 Å². The van der Waals surface area contributed by atoms with Crippen LogP contribution in [0, 0.1) is 0 Å². The van der Waals surface area contributed by atoms with Crippen LogP contribution >= 0.6 is 0 Å². The summed E-state index contributed by atoms with van der Waals surface area (Å²) in [6.45, 7) is 2.07. The summed E-state index contributed by atoms with van der Waals surface area (Å²) in [5, 5.41) is 3.98. The lowest BCUT2D eigenvalue weighted by Crippen LogP contribution is -2.45. The zero-order valence-corrected chi connectivity index (χ0v) is 13.5. The van der Waals surface area contributed by atoms with Crippen molar-refractivity contribution in [2.24, 2.45) is 0 Å². The van der Waals surface area contributed by atoms with Crippen LogP contribution in [0.25, 0.3) is 0 Å². The van der Waals surface area contributed by atoms with Gasteiger partial charge in [-0.15, -0.1) is 0 Å². The Hall–Kier alpha value is -2.14. The number of carbonyl (C=O) groups is 1. The molecule has 0 atom stereocenters. The van der Waals surface area contributed by atoms with Gasteiger partial charge in [-0.2, -0.15) is 0 Å². The van der Waals surface area contributed by atoms with Crippen molar-refractivity contribution < 1.29 is 14.1 Å². The Bertz CT molecular complexity index is 785. The molecule has 1 aliphatic carbocycles. The summed E-state index contributed by atoms with van der Waals surface area (Å²) in [5.74, 6) is 1.32. The van der Waals surface area contributed by atoms with Crippen molar-refractivity contribution in [3.8, 4) is 0 Å². The molecule has 5 rings (SSSR count). The monoisotopic (exact) mass is 324 g/mol. The van der Waals surface area contributed by atoms with Gasteiger partial charge in [-0.05, 0) is 36.8 Å². The first-order valence-corrected chi connectivity index (χ1v) is 8.73. The van der Waals surface area contributed by atoms with E-state index in [1.54, 1.807) is 0 Å². The molecule has 5 nitrogen and oxygen atoms in total. The van der Waals surface area contributed by atoms with E-state index in [0.717, 1.165) is 31.4 Å². The van der Waals surface area contributed by atoms with Crippen molar-refractivity contribution >= 4 is 5.91 Å². The fourth-order valence-electron chi connectivity index (χ4n) is 3.98. The second-order valence-corrected chi connectivity index (χ2v) is 7.12. The molecule has 2 fully saturated rings. The van der Waals surface area contributed by atoms with Crippen LogP contribution in [0.15, 0.2) is 34.9 Å². The minimum absolute atomic E-state index is 0.0215. The topological polar surface area (TPSA) is 55.6 Å². The van der Waals surface area contributed by atoms with Crippen molar-refractivity contribution in [2.75, 3.05) is 13.1 Å². The van der Waals surface area contributed by atoms with Crippen LogP contribution in [0.4, 0.5) is 0 Å². The molecule has 3 aliphatic rings. The van der Waals surface area contributed by atoms with E-state index in [2.05, 4.69) is 29.4 Å². The lowest BCUT2D eigenvalue weighted by Gasteiger charge is -2.39. The molecule has 1 saturated heterocycles. The zero-order valence-electron chi connectivity index (χ0n) is 13.5. The molecule has 0 N–H and O–H groups in total. The summed E-state index contributed by atoms with van der Waals surface area (Å²) < 4.78 is 11.5. The maximum absolute atomic E-state index is 12.7. The average Bonchev–Trinajstić information content (AvgIpc) is 3.26. The second kappa shape index (κ2) is 5.18. The molecule has 2 aromatic rings. The number of fused-ring (bicyclic) bond motifs is 2. The highest BCUT2D eigenvalue weighted by Crippen LogP contribution is 2.44. The van der Waals surface area contributed by atoms with Gasteiger partial charge in [-0.25, -0.2) is 0 Å². The van der Waals surface area contributed by atoms with Gasteiger partial charge in [0.1, 0.15) is 5.76 Å². The van der Waals surface area contributed by atoms with Crippen LogP contribution in [-0.4, -0.2) is 29.1 Å². The Morgan fingerprint density at radius 3 is 2.79 bits per heavy atom. The number of nitrogens with zero attached hydrogens (tertiary/aromatic N) is 2. The van der Waals surface area contributed by atoms with Crippen LogP contribution in [0.1, 0.15) is 59.0 Å². The number of carbonyl (C=O) groups excluding carboxylic acids is 1. The van der Waals surface area contributed by atoms with Crippen molar-refractivity contribution in [1.29, 1.82) is 0 Å². The molecule has 1 aromatic carbocycles. The van der Waals surface area contributed by atoms with E-state index in [0.29, 0.717) is 31.3 Å². The van der Waals surface area contributed by atoms with E-state index in [4.69, 9.17) is 9.26 Å². The number of benzene rings is 1. The predicted molar refractivity (Wildman–Crippen MR) is 86.5 cm³/mol. The Morgan fingerprint density at radius 2 is 2.00 bits per heavy atom. The lowest BCUT2D eigenvalue weighted by molar-refractivity contribution is -0.0742. The first-order valence-electron chi connectivity index (χ1n) is 8.73. The number of ether oxygens (including phenoxy) is 1. The van der Waals surface area contributed by atoms with Gasteiger partial charge >= 0.3 is 0 Å². The Balaban J connectivity index is 1.31. The van der Waals surface area contributed by atoms with Crippen LogP contribution < -0.4 is 0 Å². The normalized spacial score (nSPS) is 21.9. The zero-order chi connectivity index (χ0) is 16.1. The smallest absolute Gasteiger partial charge is 0.276 e. The van der Waals surface area contributed by atoms with E-state index in [1.165, 1.54) is 11.1 Å². The number of hydrogen-bond donors (Lipinski definition) is 0. The summed E-state index contributed by atoms with van der Waals surface area (Å²) in [7, 11) is 0. The molecule has 1 amide bonds. The number of likely N-dealkylation sites (tertiary alicyclic amines) is 1. The lowest BCUT2D eigenvalue weighted by atomic mass is 9.84. The number of piperidine rings is 1. The van der Waals surface area contributed by atoms with Gasteiger partial charge in [0.05, 0.1) is 12.2 Å². The first kappa shape index (κ1) is 14.2. The molecule has 1 saturated carbocycles. The van der Waals surface area contributed by atoms with Gasteiger partial charge in [-0.1, -0.05) is 29.4 Å². The minimum atomic E-state index is -0.212. The number of amides is 1. The van der Waals surface area contributed by atoms with Gasteiger partial charge in [-0.3, -0.25) is 4.79 Å². The van der Waals surface area contributed by atoms with Gasteiger partial charge < -0.3 is 14.2 Å². The fourth-order valence-corrected chi connectivity index (χ4v) is 3.98. The quantitative estimate of drug-likeness (QED) is 0.851. The summed E-state index contributed by atoms with van der Waals surface area (Å²) in [6.07, 6.45) is 3.96. The third kappa shape index (κ3) is 2.18. The summed E-state index contributed by atoms with van der Waals surface area (Å²) in [4.78, 5) is 14.5. The van der Waals surface area contributed by atoms with Gasteiger partial charge in [0.25, 0.3) is 5.91 Å². The molecule has 0 unspecified atom stereocenters. The van der Waals surface area contributed by atoms with E-state index >= 15 is 0 Å². The highest BCUT2D eigenvalue weighted by Gasteiger charge is 2.43. The minimum Gasteiger partial charge on any atom is -0.365 e. The Morgan fingerprint density at radius 1 is 1.21 bits per heavy atom. The molecule has 124 valence electrons. The fraction of sp³-hybridized carbons (Fsp3) is 0.474. The molecule has 5 heteroatoms. The first-order chi connectivity index (χ1) is 11.8. The van der Waals surface area contributed by atoms with E-state index in [9.17, 15) is 4.79 Å². The number of aromatic nitrogens is 1. The van der Waals surface area contributed by atoms with Crippen LogP contribution in [0.5, 0.6) is 0 Å². The molecule has 2 aliphatic heterocycles. The van der Waals surface area contributed by atoms with E-state index in [1.807, 2.05) is 11.0 Å². The highest BCUT2D eigenvalue weighted by molar-refractivity contribution is 5.92. The third-order valence-corrected chi connectivity index (χ3v) is 5.60. The molecule has 3 heterocycles. The molecule has 0 radical (unpaired) electrons. The van der Waals surface area contributed by atoms with Crippen LogP contribution in [0.2, 0.25) is 0 Å². The van der Waals surface area contributed by atoms with E-state index < -0.39 is 0 Å². The third-order valence-electron chi connectivity index (χ3n) is 5.60. The van der Waals surface area contributed by atoms with E-state index in [-0.39, 0.29) is 11.5 Å². The largest absolute Gasteiger partial charge is 0.365 e. The predicted octanol–water partition coefficient (Wildman–Crippen LogP) is 3.21. The van der Waals surface area contributed by atoms with Crippen LogP contribution in [-0.2, 0) is 16.9 Å². The molecule has 1 spiro atoms. The molecule has 1 aromatic heterocycles. The molecule has 24 heavy (non-hydrogen) atoms. The summed E-state index contributed by atoms with van der Waals surface area (Å²) >= 11 is 0. The second-order valence-electron chi connectivity index (χ2n) is 7.12. The van der Waals surface area contributed by atoms with Gasteiger partial charge in [0.15, 0.2) is 5.69 Å². The molecular weight excluding hydrogens is 304 g/mol. The molecule has 0 bridgehead atoms. The van der Waals surface area contributed by atoms with Crippen molar-refractivity contribution in [3.63, 3.8) is 0 Å². The van der Waals surface area contributed by atoms with Crippen molar-refractivity contribution in [2.45, 2.75) is 43.8 Å². The Kier molecular flexibility index (Phi) is 3.07. The summed E-state index contributed by atoms with van der Waals surface area (Å²) in [6, 6.07) is 10.3. The van der Waals surface area contributed by atoms with Gasteiger partial charge in [0.2, 0.25) is 0 Å². The highest BCUT2D eigenvalue weighted by atomic mass is 16.5. The van der Waals surface area contributed by atoms with Gasteiger partial charge in [0, 0.05) is 25.1 Å². The number of rotatable bonds is 2. The Labute approximate surface area is 140 Å². The average molecular weight is 324 g/mol. The SMILES string of the molecule is O=C(c1cc(C2CC2)on1)N1CCC2(CC1)OCc1ccccc12. The molecular formula is C19H20N2O3. The maximum atomic E-state index is 12.7. The number of hydrogen-bond acceptors (Lipinski definition) is 4. The van der Waals surface area contributed by atoms with Crippen LogP contribution in [0.3, 0.4) is 0 Å². The maximum Gasteiger partial charge on any atom is 0.276 e.